The van der Waals surface area contributed by atoms with Gasteiger partial charge in [-0.2, -0.15) is 5.10 Å². The van der Waals surface area contributed by atoms with E-state index in [1.807, 2.05) is 13.8 Å². The topological polar surface area (TPSA) is 64.2 Å². The van der Waals surface area contributed by atoms with Crippen molar-refractivity contribution in [2.24, 2.45) is 5.92 Å². The summed E-state index contributed by atoms with van der Waals surface area (Å²) < 4.78 is 1.66. The van der Waals surface area contributed by atoms with E-state index in [-0.39, 0.29) is 12.5 Å². The molecule has 2 N–H and O–H groups in total. The highest BCUT2D eigenvalue weighted by molar-refractivity contribution is 5.76. The SMILES string of the molecule is C#CCN(CC1CC1)C(=O)Cn1nc(C)c(N)c1C. The average Bonchev–Trinajstić information content (AvgIpc) is 3.15. The van der Waals surface area contributed by atoms with Gasteiger partial charge < -0.3 is 10.6 Å². The van der Waals surface area contributed by atoms with E-state index in [9.17, 15) is 4.79 Å². The highest BCUT2D eigenvalue weighted by Crippen LogP contribution is 2.29. The molecule has 2 rings (SSSR count). The van der Waals surface area contributed by atoms with Crippen molar-refractivity contribution in [2.75, 3.05) is 18.8 Å². The first-order chi connectivity index (χ1) is 9.02. The Hall–Kier alpha value is -1.96. The molecule has 1 aromatic heterocycles. The minimum absolute atomic E-state index is 0.00968. The Morgan fingerprint density at radius 2 is 2.26 bits per heavy atom. The molecule has 0 atom stereocenters. The number of anilines is 1. The predicted octanol–water partition coefficient (Wildman–Crippen LogP) is 0.954. The van der Waals surface area contributed by atoms with E-state index in [0.29, 0.717) is 18.2 Å². The van der Waals surface area contributed by atoms with Crippen molar-refractivity contribution >= 4 is 11.6 Å². The standard InChI is InChI=1S/C14H20N4O/c1-4-7-17(8-12-5-6-12)13(19)9-18-11(3)14(15)10(2)16-18/h1,12H,5-9,15H2,2-3H3. The maximum absolute atomic E-state index is 12.3. The molecule has 1 saturated carbocycles. The van der Waals surface area contributed by atoms with Gasteiger partial charge in [0.25, 0.3) is 0 Å². The van der Waals surface area contributed by atoms with Crippen molar-refractivity contribution in [1.82, 2.24) is 14.7 Å². The lowest BCUT2D eigenvalue weighted by atomic mass is 10.3. The van der Waals surface area contributed by atoms with Gasteiger partial charge in [-0.1, -0.05) is 5.92 Å². The lowest BCUT2D eigenvalue weighted by molar-refractivity contribution is -0.131. The van der Waals surface area contributed by atoms with E-state index >= 15 is 0 Å². The largest absolute Gasteiger partial charge is 0.396 e. The lowest BCUT2D eigenvalue weighted by Crippen LogP contribution is -2.36. The van der Waals surface area contributed by atoms with E-state index in [4.69, 9.17) is 12.2 Å². The van der Waals surface area contributed by atoms with Crippen LogP contribution in [0.3, 0.4) is 0 Å². The van der Waals surface area contributed by atoms with Crippen molar-refractivity contribution in [3.8, 4) is 12.3 Å². The van der Waals surface area contributed by atoms with Crippen LogP contribution in [-0.4, -0.2) is 33.7 Å². The Labute approximate surface area is 113 Å². The molecule has 1 amide bonds. The normalized spacial score (nSPS) is 14.2. The van der Waals surface area contributed by atoms with E-state index < -0.39 is 0 Å². The van der Waals surface area contributed by atoms with Gasteiger partial charge in [-0.15, -0.1) is 6.42 Å². The summed E-state index contributed by atoms with van der Waals surface area (Å²) in [7, 11) is 0. The molecule has 5 nitrogen and oxygen atoms in total. The Bertz CT molecular complexity index is 522. The van der Waals surface area contributed by atoms with Gasteiger partial charge in [0, 0.05) is 6.54 Å². The van der Waals surface area contributed by atoms with Crippen molar-refractivity contribution in [3.63, 3.8) is 0 Å². The van der Waals surface area contributed by atoms with Crippen molar-refractivity contribution in [3.05, 3.63) is 11.4 Å². The molecule has 0 aromatic carbocycles. The fourth-order valence-electron chi connectivity index (χ4n) is 2.07. The van der Waals surface area contributed by atoms with Crippen LogP contribution in [0.2, 0.25) is 0 Å². The van der Waals surface area contributed by atoms with Crippen LogP contribution in [-0.2, 0) is 11.3 Å². The fourth-order valence-corrected chi connectivity index (χ4v) is 2.07. The zero-order valence-electron chi connectivity index (χ0n) is 11.5. The molecule has 0 saturated heterocycles. The van der Waals surface area contributed by atoms with Gasteiger partial charge in [0.1, 0.15) is 6.54 Å². The Morgan fingerprint density at radius 3 is 2.74 bits per heavy atom. The van der Waals surface area contributed by atoms with E-state index in [1.165, 1.54) is 12.8 Å². The summed E-state index contributed by atoms with van der Waals surface area (Å²) in [5.74, 6) is 3.19. The number of carbonyl (C=O) groups is 1. The smallest absolute Gasteiger partial charge is 0.245 e. The molecule has 0 bridgehead atoms. The molecule has 0 spiro atoms. The van der Waals surface area contributed by atoms with Crippen LogP contribution in [0.1, 0.15) is 24.2 Å². The van der Waals surface area contributed by atoms with Gasteiger partial charge in [-0.05, 0) is 32.6 Å². The van der Waals surface area contributed by atoms with Crippen LogP contribution >= 0.6 is 0 Å². The zero-order valence-corrected chi connectivity index (χ0v) is 11.5. The summed E-state index contributed by atoms with van der Waals surface area (Å²) in [5, 5.41) is 4.28. The molecule has 0 unspecified atom stereocenters. The molecule has 5 heteroatoms. The molecule has 0 aliphatic heterocycles. The summed E-state index contributed by atoms with van der Waals surface area (Å²) in [5.41, 5.74) is 8.11. The molecule has 1 aliphatic rings. The van der Waals surface area contributed by atoms with Crippen LogP contribution in [0.15, 0.2) is 0 Å². The summed E-state index contributed by atoms with van der Waals surface area (Å²) in [6, 6.07) is 0. The van der Waals surface area contributed by atoms with Gasteiger partial charge in [0.2, 0.25) is 5.91 Å². The second-order valence-electron chi connectivity index (χ2n) is 5.16. The third-order valence-electron chi connectivity index (χ3n) is 3.53. The van der Waals surface area contributed by atoms with Crippen LogP contribution in [0.25, 0.3) is 0 Å². The number of aromatic nitrogens is 2. The maximum atomic E-state index is 12.3. The van der Waals surface area contributed by atoms with E-state index in [0.717, 1.165) is 17.9 Å². The first kappa shape index (κ1) is 13.5. The zero-order chi connectivity index (χ0) is 14.0. The molecule has 1 fully saturated rings. The van der Waals surface area contributed by atoms with E-state index in [1.54, 1.807) is 9.58 Å². The highest BCUT2D eigenvalue weighted by Gasteiger charge is 2.26. The second kappa shape index (κ2) is 5.35. The average molecular weight is 260 g/mol. The van der Waals surface area contributed by atoms with E-state index in [2.05, 4.69) is 11.0 Å². The van der Waals surface area contributed by atoms with Gasteiger partial charge >= 0.3 is 0 Å². The number of carbonyl (C=O) groups excluding carboxylic acids is 1. The third kappa shape index (κ3) is 3.08. The quantitative estimate of drug-likeness (QED) is 0.802. The number of amides is 1. The summed E-state index contributed by atoms with van der Waals surface area (Å²) in [6.45, 7) is 5.04. The minimum atomic E-state index is 0.00968. The van der Waals surface area contributed by atoms with Gasteiger partial charge in [-0.25, -0.2) is 0 Å². The fraction of sp³-hybridized carbons (Fsp3) is 0.571. The molecule has 19 heavy (non-hydrogen) atoms. The van der Waals surface area contributed by atoms with Crippen molar-refractivity contribution in [2.45, 2.75) is 33.2 Å². The summed E-state index contributed by atoms with van der Waals surface area (Å²) in [4.78, 5) is 14.0. The first-order valence-corrected chi connectivity index (χ1v) is 6.53. The minimum Gasteiger partial charge on any atom is -0.396 e. The number of rotatable bonds is 5. The number of terminal acetylenes is 1. The van der Waals surface area contributed by atoms with Crippen molar-refractivity contribution in [1.29, 1.82) is 0 Å². The number of hydrogen-bond acceptors (Lipinski definition) is 3. The van der Waals surface area contributed by atoms with Crippen LogP contribution in [0.5, 0.6) is 0 Å². The monoisotopic (exact) mass is 260 g/mol. The molecule has 0 radical (unpaired) electrons. The van der Waals surface area contributed by atoms with Crippen LogP contribution < -0.4 is 5.73 Å². The molecule has 102 valence electrons. The van der Waals surface area contributed by atoms with Crippen LogP contribution in [0, 0.1) is 32.1 Å². The molecular weight excluding hydrogens is 240 g/mol. The lowest BCUT2D eigenvalue weighted by Gasteiger charge is -2.20. The number of hydrogen-bond donors (Lipinski definition) is 1. The first-order valence-electron chi connectivity index (χ1n) is 6.53. The molecular formula is C14H20N4O. The predicted molar refractivity (Wildman–Crippen MR) is 74.3 cm³/mol. The number of aryl methyl sites for hydroxylation is 1. The Balaban J connectivity index is 2.05. The van der Waals surface area contributed by atoms with Crippen molar-refractivity contribution < 1.29 is 4.79 Å². The molecule has 1 heterocycles. The Morgan fingerprint density at radius 1 is 1.58 bits per heavy atom. The number of nitrogens with zero attached hydrogens (tertiary/aromatic N) is 3. The molecule has 1 aliphatic carbocycles. The maximum Gasteiger partial charge on any atom is 0.245 e. The van der Waals surface area contributed by atoms with Gasteiger partial charge in [0.15, 0.2) is 0 Å². The second-order valence-corrected chi connectivity index (χ2v) is 5.16. The molecule has 1 aromatic rings. The van der Waals surface area contributed by atoms with Gasteiger partial charge in [-0.3, -0.25) is 9.48 Å². The number of nitrogen functional groups attached to an aromatic ring is 1. The number of nitrogens with two attached hydrogens (primary N) is 1. The summed E-state index contributed by atoms with van der Waals surface area (Å²) in [6.07, 6.45) is 7.72. The summed E-state index contributed by atoms with van der Waals surface area (Å²) >= 11 is 0. The van der Waals surface area contributed by atoms with Gasteiger partial charge in [0.05, 0.1) is 23.6 Å². The van der Waals surface area contributed by atoms with Crippen LogP contribution in [0.4, 0.5) is 5.69 Å². The Kier molecular flexibility index (Phi) is 3.79. The highest BCUT2D eigenvalue weighted by atomic mass is 16.2. The third-order valence-corrected chi connectivity index (χ3v) is 3.53.